The molecule has 0 spiro atoms. The molecular formula is C17H27N3O2. The van der Waals surface area contributed by atoms with Gasteiger partial charge in [0.2, 0.25) is 5.91 Å². The lowest BCUT2D eigenvalue weighted by atomic mass is 10.0. The van der Waals surface area contributed by atoms with E-state index in [9.17, 15) is 9.59 Å². The third kappa shape index (κ3) is 5.15. The van der Waals surface area contributed by atoms with Crippen LogP contribution in [-0.4, -0.2) is 49.9 Å². The van der Waals surface area contributed by atoms with Crippen LogP contribution in [0.5, 0.6) is 0 Å². The molecule has 0 radical (unpaired) electrons. The summed E-state index contributed by atoms with van der Waals surface area (Å²) in [4.78, 5) is 26.5. The van der Waals surface area contributed by atoms with Crippen molar-refractivity contribution in [1.29, 1.82) is 0 Å². The number of nitrogens with zero attached hydrogens (tertiary/aromatic N) is 1. The van der Waals surface area contributed by atoms with Gasteiger partial charge in [-0.1, -0.05) is 31.5 Å². The van der Waals surface area contributed by atoms with E-state index in [1.54, 1.807) is 24.1 Å². The third-order valence-corrected chi connectivity index (χ3v) is 3.61. The predicted octanol–water partition coefficient (Wildman–Crippen LogP) is 1.43. The van der Waals surface area contributed by atoms with E-state index in [0.717, 1.165) is 12.1 Å². The minimum atomic E-state index is -0.518. The average Bonchev–Trinajstić information content (AvgIpc) is 2.49. The van der Waals surface area contributed by atoms with Crippen LogP contribution in [0.2, 0.25) is 0 Å². The van der Waals surface area contributed by atoms with Gasteiger partial charge in [-0.3, -0.25) is 9.59 Å². The van der Waals surface area contributed by atoms with Gasteiger partial charge in [0.15, 0.2) is 0 Å². The summed E-state index contributed by atoms with van der Waals surface area (Å²) in [5, 5.41) is 5.87. The first-order valence-corrected chi connectivity index (χ1v) is 7.64. The second kappa shape index (κ2) is 8.54. The van der Waals surface area contributed by atoms with E-state index in [1.807, 2.05) is 40.0 Å². The molecule has 2 N–H and O–H groups in total. The second-order valence-corrected chi connectivity index (χ2v) is 5.92. The van der Waals surface area contributed by atoms with Crippen molar-refractivity contribution in [3.63, 3.8) is 0 Å². The molecule has 5 nitrogen and oxygen atoms in total. The molecule has 0 aromatic heterocycles. The van der Waals surface area contributed by atoms with Crippen molar-refractivity contribution >= 4 is 11.8 Å². The molecule has 0 aliphatic rings. The highest BCUT2D eigenvalue weighted by Gasteiger charge is 2.27. The third-order valence-electron chi connectivity index (χ3n) is 3.61. The topological polar surface area (TPSA) is 61.4 Å². The van der Waals surface area contributed by atoms with Crippen molar-refractivity contribution in [3.8, 4) is 0 Å². The minimum absolute atomic E-state index is 0.0268. The summed E-state index contributed by atoms with van der Waals surface area (Å²) in [5.41, 5.74) is 1.67. The van der Waals surface area contributed by atoms with Crippen LogP contribution >= 0.6 is 0 Å². The lowest BCUT2D eigenvalue weighted by Crippen LogP contribution is -2.51. The normalized spacial score (nSPS) is 12.1. The highest BCUT2D eigenvalue weighted by atomic mass is 16.2. The molecule has 5 heteroatoms. The molecule has 1 atom stereocenters. The van der Waals surface area contributed by atoms with Crippen LogP contribution in [-0.2, 0) is 4.79 Å². The zero-order valence-electron chi connectivity index (χ0n) is 14.1. The van der Waals surface area contributed by atoms with Crippen molar-refractivity contribution in [2.24, 2.45) is 5.92 Å². The Balaban J connectivity index is 2.77. The molecule has 1 aromatic carbocycles. The van der Waals surface area contributed by atoms with Gasteiger partial charge in [0, 0.05) is 25.7 Å². The fraction of sp³-hybridized carbons (Fsp3) is 0.529. The quantitative estimate of drug-likeness (QED) is 0.801. The molecule has 1 rings (SSSR count). The Bertz CT molecular complexity index is 497. The van der Waals surface area contributed by atoms with Crippen molar-refractivity contribution in [2.45, 2.75) is 26.8 Å². The summed E-state index contributed by atoms with van der Waals surface area (Å²) < 4.78 is 0. The first kappa shape index (κ1) is 18.2. The zero-order chi connectivity index (χ0) is 16.7. The SMILES string of the molecule is CNCCN(C)C(=O)C(NC(=O)c1ccc(C)cc1)C(C)C. The van der Waals surface area contributed by atoms with Crippen LogP contribution < -0.4 is 10.6 Å². The van der Waals surface area contributed by atoms with E-state index in [4.69, 9.17) is 0 Å². The monoisotopic (exact) mass is 305 g/mol. The number of aryl methyl sites for hydroxylation is 1. The van der Waals surface area contributed by atoms with E-state index < -0.39 is 6.04 Å². The largest absolute Gasteiger partial charge is 0.343 e. The molecule has 0 aliphatic carbocycles. The summed E-state index contributed by atoms with van der Waals surface area (Å²) in [7, 11) is 3.60. The smallest absolute Gasteiger partial charge is 0.251 e. The van der Waals surface area contributed by atoms with Gasteiger partial charge in [-0.15, -0.1) is 0 Å². The first-order chi connectivity index (χ1) is 10.4. The Morgan fingerprint density at radius 3 is 2.27 bits per heavy atom. The molecule has 122 valence electrons. The zero-order valence-corrected chi connectivity index (χ0v) is 14.1. The van der Waals surface area contributed by atoms with Crippen molar-refractivity contribution in [3.05, 3.63) is 35.4 Å². The lowest BCUT2D eigenvalue weighted by Gasteiger charge is -2.27. The van der Waals surface area contributed by atoms with Crippen molar-refractivity contribution in [1.82, 2.24) is 15.5 Å². The number of rotatable bonds is 7. The number of nitrogens with one attached hydrogen (secondary N) is 2. The summed E-state index contributed by atoms with van der Waals surface area (Å²) in [6.45, 7) is 7.17. The summed E-state index contributed by atoms with van der Waals surface area (Å²) in [6.07, 6.45) is 0. The Kier molecular flexibility index (Phi) is 7.05. The maximum atomic E-state index is 12.5. The molecule has 0 saturated heterocycles. The van der Waals surface area contributed by atoms with E-state index in [1.165, 1.54) is 0 Å². The molecule has 1 aromatic rings. The summed E-state index contributed by atoms with van der Waals surface area (Å²) >= 11 is 0. The maximum Gasteiger partial charge on any atom is 0.251 e. The van der Waals surface area contributed by atoms with Crippen LogP contribution in [0.15, 0.2) is 24.3 Å². The van der Waals surface area contributed by atoms with E-state index in [-0.39, 0.29) is 17.7 Å². The molecule has 0 bridgehead atoms. The average molecular weight is 305 g/mol. The Labute approximate surface area is 133 Å². The van der Waals surface area contributed by atoms with E-state index in [0.29, 0.717) is 12.1 Å². The van der Waals surface area contributed by atoms with Gasteiger partial charge in [-0.05, 0) is 32.0 Å². The number of carbonyl (C=O) groups excluding carboxylic acids is 2. The Hall–Kier alpha value is -1.88. The standard InChI is InChI=1S/C17H27N3O2/c1-12(2)15(17(22)20(5)11-10-18-4)19-16(21)14-8-6-13(3)7-9-14/h6-9,12,15,18H,10-11H2,1-5H3,(H,19,21). The fourth-order valence-electron chi connectivity index (χ4n) is 2.07. The molecule has 0 heterocycles. The Morgan fingerprint density at radius 1 is 1.18 bits per heavy atom. The van der Waals surface area contributed by atoms with Gasteiger partial charge in [0.25, 0.3) is 5.91 Å². The van der Waals surface area contributed by atoms with Gasteiger partial charge >= 0.3 is 0 Å². The predicted molar refractivity (Wildman–Crippen MR) is 88.8 cm³/mol. The van der Waals surface area contributed by atoms with Crippen molar-refractivity contribution < 1.29 is 9.59 Å². The minimum Gasteiger partial charge on any atom is -0.343 e. The highest BCUT2D eigenvalue weighted by Crippen LogP contribution is 2.08. The second-order valence-electron chi connectivity index (χ2n) is 5.92. The van der Waals surface area contributed by atoms with Crippen LogP contribution in [0, 0.1) is 12.8 Å². The van der Waals surface area contributed by atoms with Gasteiger partial charge < -0.3 is 15.5 Å². The number of amides is 2. The van der Waals surface area contributed by atoms with Gasteiger partial charge in [-0.2, -0.15) is 0 Å². The number of likely N-dealkylation sites (N-methyl/N-ethyl adjacent to an activating group) is 2. The van der Waals surface area contributed by atoms with Crippen molar-refractivity contribution in [2.75, 3.05) is 27.2 Å². The van der Waals surface area contributed by atoms with Gasteiger partial charge in [0.1, 0.15) is 6.04 Å². The highest BCUT2D eigenvalue weighted by molar-refractivity contribution is 5.97. The molecule has 0 saturated carbocycles. The molecular weight excluding hydrogens is 278 g/mol. The first-order valence-electron chi connectivity index (χ1n) is 7.64. The maximum absolute atomic E-state index is 12.5. The summed E-state index contributed by atoms with van der Waals surface area (Å²) in [6, 6.07) is 6.81. The molecule has 0 aliphatic heterocycles. The lowest BCUT2D eigenvalue weighted by molar-refractivity contribution is -0.132. The van der Waals surface area contributed by atoms with E-state index in [2.05, 4.69) is 10.6 Å². The number of hydrogen-bond donors (Lipinski definition) is 2. The fourth-order valence-corrected chi connectivity index (χ4v) is 2.07. The molecule has 22 heavy (non-hydrogen) atoms. The van der Waals surface area contributed by atoms with Crippen LogP contribution in [0.1, 0.15) is 29.8 Å². The number of carbonyl (C=O) groups is 2. The van der Waals surface area contributed by atoms with Crippen LogP contribution in [0.25, 0.3) is 0 Å². The molecule has 2 amide bonds. The van der Waals surface area contributed by atoms with Gasteiger partial charge in [0.05, 0.1) is 0 Å². The molecule has 0 fully saturated rings. The molecule has 1 unspecified atom stereocenters. The van der Waals surface area contributed by atoms with Crippen LogP contribution in [0.3, 0.4) is 0 Å². The number of benzene rings is 1. The van der Waals surface area contributed by atoms with E-state index >= 15 is 0 Å². The summed E-state index contributed by atoms with van der Waals surface area (Å²) in [5.74, 6) is -0.251. The van der Waals surface area contributed by atoms with Crippen LogP contribution in [0.4, 0.5) is 0 Å². The van der Waals surface area contributed by atoms with Gasteiger partial charge in [-0.25, -0.2) is 0 Å². The Morgan fingerprint density at radius 2 is 1.77 bits per heavy atom. The number of hydrogen-bond acceptors (Lipinski definition) is 3.